The van der Waals surface area contributed by atoms with Gasteiger partial charge >= 0.3 is 0 Å². The average molecular weight is 298 g/mol. The van der Waals surface area contributed by atoms with E-state index in [1.807, 2.05) is 37.3 Å². The largest absolute Gasteiger partial charge is 0.438 e. The van der Waals surface area contributed by atoms with Gasteiger partial charge in [0.2, 0.25) is 5.88 Å². The first-order chi connectivity index (χ1) is 10.2. The number of rotatable bonds is 3. The van der Waals surface area contributed by atoms with Crippen molar-refractivity contribution in [3.8, 4) is 11.6 Å². The number of carbonyl (C=O) groups is 1. The standard InChI is InChI=1S/C17H12ClNO2/c1-11-8-14(6-7-15(11)18)21-17-13(10-20)9-12-4-2-3-5-16(12)19-17/h2-10H,1H3. The molecule has 0 unspecified atom stereocenters. The molecule has 4 heteroatoms. The summed E-state index contributed by atoms with van der Waals surface area (Å²) in [5, 5.41) is 1.57. The van der Waals surface area contributed by atoms with E-state index in [4.69, 9.17) is 16.3 Å². The minimum Gasteiger partial charge on any atom is -0.438 e. The van der Waals surface area contributed by atoms with Gasteiger partial charge in [0, 0.05) is 10.4 Å². The number of carbonyl (C=O) groups excluding carboxylic acids is 1. The van der Waals surface area contributed by atoms with E-state index in [-0.39, 0.29) is 0 Å². The maximum Gasteiger partial charge on any atom is 0.230 e. The fraction of sp³-hybridized carbons (Fsp3) is 0.0588. The zero-order chi connectivity index (χ0) is 14.8. The summed E-state index contributed by atoms with van der Waals surface area (Å²) >= 11 is 5.99. The lowest BCUT2D eigenvalue weighted by molar-refractivity contribution is 0.112. The van der Waals surface area contributed by atoms with Crippen LogP contribution in [0.5, 0.6) is 11.6 Å². The van der Waals surface area contributed by atoms with Crippen molar-refractivity contribution in [2.45, 2.75) is 6.92 Å². The van der Waals surface area contributed by atoms with Crippen LogP contribution in [-0.2, 0) is 0 Å². The molecule has 0 amide bonds. The highest BCUT2D eigenvalue weighted by molar-refractivity contribution is 6.31. The van der Waals surface area contributed by atoms with Gasteiger partial charge in [0.15, 0.2) is 6.29 Å². The van der Waals surface area contributed by atoms with Crippen LogP contribution < -0.4 is 4.74 Å². The first kappa shape index (κ1) is 13.6. The van der Waals surface area contributed by atoms with E-state index in [1.54, 1.807) is 18.2 Å². The molecular formula is C17H12ClNO2. The number of aromatic nitrogens is 1. The van der Waals surface area contributed by atoms with E-state index in [1.165, 1.54) is 0 Å². The summed E-state index contributed by atoms with van der Waals surface area (Å²) in [7, 11) is 0. The number of hydrogen-bond donors (Lipinski definition) is 0. The molecule has 104 valence electrons. The van der Waals surface area contributed by atoms with Gasteiger partial charge in [-0.3, -0.25) is 4.79 Å². The zero-order valence-electron chi connectivity index (χ0n) is 11.3. The second-order valence-electron chi connectivity index (χ2n) is 4.71. The van der Waals surface area contributed by atoms with Crippen molar-refractivity contribution in [2.24, 2.45) is 0 Å². The van der Waals surface area contributed by atoms with Crippen molar-refractivity contribution < 1.29 is 9.53 Å². The van der Waals surface area contributed by atoms with E-state index in [2.05, 4.69) is 4.98 Å². The summed E-state index contributed by atoms with van der Waals surface area (Å²) in [5.41, 5.74) is 2.10. The molecule has 0 aliphatic carbocycles. The van der Waals surface area contributed by atoms with Crippen LogP contribution in [0.1, 0.15) is 15.9 Å². The number of ether oxygens (including phenoxy) is 1. The molecule has 1 heterocycles. The highest BCUT2D eigenvalue weighted by atomic mass is 35.5. The van der Waals surface area contributed by atoms with E-state index in [9.17, 15) is 4.79 Å². The zero-order valence-corrected chi connectivity index (χ0v) is 12.1. The van der Waals surface area contributed by atoms with Crippen molar-refractivity contribution >= 4 is 28.8 Å². The van der Waals surface area contributed by atoms with Gasteiger partial charge in [-0.25, -0.2) is 4.98 Å². The topological polar surface area (TPSA) is 39.2 Å². The number of pyridine rings is 1. The van der Waals surface area contributed by atoms with E-state index >= 15 is 0 Å². The summed E-state index contributed by atoms with van der Waals surface area (Å²) in [5.74, 6) is 0.896. The highest BCUT2D eigenvalue weighted by Gasteiger charge is 2.09. The predicted molar refractivity (Wildman–Crippen MR) is 83.4 cm³/mol. The van der Waals surface area contributed by atoms with Crippen molar-refractivity contribution in [3.05, 3.63) is 64.7 Å². The van der Waals surface area contributed by atoms with Crippen LogP contribution in [-0.4, -0.2) is 11.3 Å². The predicted octanol–water partition coefficient (Wildman–Crippen LogP) is 4.80. The Balaban J connectivity index is 2.06. The molecule has 3 nitrogen and oxygen atoms in total. The first-order valence-corrected chi connectivity index (χ1v) is 6.84. The lowest BCUT2D eigenvalue weighted by atomic mass is 10.1. The maximum absolute atomic E-state index is 11.2. The van der Waals surface area contributed by atoms with Crippen LogP contribution in [0.4, 0.5) is 0 Å². The van der Waals surface area contributed by atoms with Gasteiger partial charge in [0.05, 0.1) is 11.1 Å². The highest BCUT2D eigenvalue weighted by Crippen LogP contribution is 2.28. The van der Waals surface area contributed by atoms with Gasteiger partial charge in [-0.1, -0.05) is 29.8 Å². The van der Waals surface area contributed by atoms with Crippen LogP contribution in [0.2, 0.25) is 5.02 Å². The number of aldehydes is 1. The number of fused-ring (bicyclic) bond motifs is 1. The Kier molecular flexibility index (Phi) is 3.59. The molecule has 3 rings (SSSR count). The van der Waals surface area contributed by atoms with Crippen LogP contribution in [0.25, 0.3) is 10.9 Å². The minimum absolute atomic E-state index is 0.297. The Bertz CT molecular complexity index is 830. The van der Waals surface area contributed by atoms with Gasteiger partial charge in [0.25, 0.3) is 0 Å². The molecule has 0 aliphatic rings. The Hall–Kier alpha value is -2.39. The fourth-order valence-electron chi connectivity index (χ4n) is 2.07. The second kappa shape index (κ2) is 5.54. The molecule has 0 aliphatic heterocycles. The quantitative estimate of drug-likeness (QED) is 0.652. The summed E-state index contributed by atoms with van der Waals surface area (Å²) in [6.45, 7) is 1.89. The minimum atomic E-state index is 0.297. The molecule has 0 atom stereocenters. The van der Waals surface area contributed by atoms with Crippen molar-refractivity contribution in [1.29, 1.82) is 0 Å². The molecule has 1 aromatic heterocycles. The van der Waals surface area contributed by atoms with E-state index < -0.39 is 0 Å². The SMILES string of the molecule is Cc1cc(Oc2nc3ccccc3cc2C=O)ccc1Cl. The molecule has 3 aromatic rings. The average Bonchev–Trinajstić information content (AvgIpc) is 2.50. The third kappa shape index (κ3) is 2.73. The molecule has 21 heavy (non-hydrogen) atoms. The van der Waals surface area contributed by atoms with Crippen molar-refractivity contribution in [3.63, 3.8) is 0 Å². The van der Waals surface area contributed by atoms with Crippen molar-refractivity contribution in [1.82, 2.24) is 4.98 Å². The lowest BCUT2D eigenvalue weighted by Crippen LogP contribution is -1.95. The van der Waals surface area contributed by atoms with Gasteiger partial charge in [-0.05, 0) is 42.8 Å². The van der Waals surface area contributed by atoms with Gasteiger partial charge in [-0.15, -0.1) is 0 Å². The fourth-order valence-corrected chi connectivity index (χ4v) is 2.19. The Labute approximate surface area is 127 Å². The van der Waals surface area contributed by atoms with Crippen LogP contribution in [0.15, 0.2) is 48.5 Å². The number of para-hydroxylation sites is 1. The van der Waals surface area contributed by atoms with Crippen LogP contribution in [0, 0.1) is 6.92 Å². The molecule has 0 bridgehead atoms. The maximum atomic E-state index is 11.2. The molecule has 0 N–H and O–H groups in total. The number of hydrogen-bond acceptors (Lipinski definition) is 3. The Morgan fingerprint density at radius 2 is 1.95 bits per heavy atom. The molecule has 0 spiro atoms. The van der Waals surface area contributed by atoms with Crippen molar-refractivity contribution in [2.75, 3.05) is 0 Å². The number of halogens is 1. The summed E-state index contributed by atoms with van der Waals surface area (Å²) in [6, 6.07) is 14.7. The van der Waals surface area contributed by atoms with E-state index in [0.29, 0.717) is 22.2 Å². The normalized spacial score (nSPS) is 10.6. The molecule has 0 radical (unpaired) electrons. The molecular weight excluding hydrogens is 286 g/mol. The van der Waals surface area contributed by atoms with Gasteiger partial charge < -0.3 is 4.74 Å². The Morgan fingerprint density at radius 1 is 1.14 bits per heavy atom. The summed E-state index contributed by atoms with van der Waals surface area (Å²) < 4.78 is 5.74. The van der Waals surface area contributed by atoms with Gasteiger partial charge in [-0.2, -0.15) is 0 Å². The molecule has 0 fully saturated rings. The summed E-state index contributed by atoms with van der Waals surface area (Å²) in [4.78, 5) is 15.6. The lowest BCUT2D eigenvalue weighted by Gasteiger charge is -2.09. The third-order valence-corrected chi connectivity index (χ3v) is 3.61. The van der Waals surface area contributed by atoms with Crippen LogP contribution in [0.3, 0.4) is 0 Å². The first-order valence-electron chi connectivity index (χ1n) is 6.46. The second-order valence-corrected chi connectivity index (χ2v) is 5.11. The summed E-state index contributed by atoms with van der Waals surface area (Å²) in [6.07, 6.45) is 0.748. The monoisotopic (exact) mass is 297 g/mol. The molecule has 0 saturated carbocycles. The number of benzene rings is 2. The third-order valence-electron chi connectivity index (χ3n) is 3.19. The number of aryl methyl sites for hydroxylation is 1. The Morgan fingerprint density at radius 3 is 2.71 bits per heavy atom. The molecule has 0 saturated heterocycles. The van der Waals surface area contributed by atoms with Crippen LogP contribution >= 0.6 is 11.6 Å². The smallest absolute Gasteiger partial charge is 0.230 e. The van der Waals surface area contributed by atoms with Gasteiger partial charge in [0.1, 0.15) is 5.75 Å². The molecule has 2 aromatic carbocycles. The number of nitrogens with zero attached hydrogens (tertiary/aromatic N) is 1. The van der Waals surface area contributed by atoms with E-state index in [0.717, 1.165) is 22.8 Å².